The molecule has 1 amide bonds. The van der Waals surface area contributed by atoms with Gasteiger partial charge in [0.15, 0.2) is 0 Å². The second kappa shape index (κ2) is 7.48. The zero-order valence-corrected chi connectivity index (χ0v) is 15.1. The molecule has 1 fully saturated rings. The number of hydrogen-bond acceptors (Lipinski definition) is 3. The van der Waals surface area contributed by atoms with E-state index in [0.717, 1.165) is 21.6 Å². The monoisotopic (exact) mass is 369 g/mol. The number of fused-ring (bicyclic) bond motifs is 1. The number of hydrogen-bond donors (Lipinski definition) is 0. The fraction of sp³-hybridized carbons (Fsp3) is 0.300. The quantitative estimate of drug-likeness (QED) is 0.709. The van der Waals surface area contributed by atoms with Gasteiger partial charge in [-0.3, -0.25) is 4.79 Å². The molecule has 2 heterocycles. The normalized spacial score (nSPS) is 17.6. The lowest BCUT2D eigenvalue weighted by molar-refractivity contribution is -0.139. The summed E-state index contributed by atoms with van der Waals surface area (Å²) in [6.45, 7) is 2.03. The van der Waals surface area contributed by atoms with E-state index in [1.54, 1.807) is 6.33 Å². The maximum Gasteiger partial charge on any atom is 0.242 e. The van der Waals surface area contributed by atoms with Gasteiger partial charge in [0.2, 0.25) is 5.91 Å². The molecule has 3 aromatic rings. The van der Waals surface area contributed by atoms with E-state index in [2.05, 4.69) is 4.98 Å². The Labute approximate surface area is 157 Å². The van der Waals surface area contributed by atoms with Crippen molar-refractivity contribution in [1.29, 1.82) is 0 Å². The van der Waals surface area contributed by atoms with Gasteiger partial charge in [-0.25, -0.2) is 4.98 Å². The average Bonchev–Trinajstić information content (AvgIpc) is 3.07. The molecule has 6 heteroatoms. The van der Waals surface area contributed by atoms with E-state index in [-0.39, 0.29) is 12.0 Å². The predicted octanol–water partition coefficient (Wildman–Crippen LogP) is 3.16. The molecule has 1 saturated heterocycles. The molecule has 1 atom stereocenters. The first-order valence-corrected chi connectivity index (χ1v) is 9.11. The van der Waals surface area contributed by atoms with Crippen LogP contribution in [0.3, 0.4) is 0 Å². The lowest BCUT2D eigenvalue weighted by Crippen LogP contribution is -2.47. The van der Waals surface area contributed by atoms with Gasteiger partial charge in [-0.2, -0.15) is 0 Å². The minimum Gasteiger partial charge on any atom is -0.374 e. The molecule has 4 rings (SSSR count). The molecule has 0 saturated carbocycles. The predicted molar refractivity (Wildman–Crippen MR) is 101 cm³/mol. The summed E-state index contributed by atoms with van der Waals surface area (Å²) >= 11 is 6.25. The van der Waals surface area contributed by atoms with E-state index < -0.39 is 0 Å². The van der Waals surface area contributed by atoms with Gasteiger partial charge in [0.1, 0.15) is 6.54 Å². The van der Waals surface area contributed by atoms with Crippen molar-refractivity contribution >= 4 is 28.5 Å². The van der Waals surface area contributed by atoms with Gasteiger partial charge in [0, 0.05) is 24.5 Å². The number of carbonyl (C=O) groups excluding carboxylic acids is 1. The number of amides is 1. The van der Waals surface area contributed by atoms with Gasteiger partial charge in [0.05, 0.1) is 30.1 Å². The van der Waals surface area contributed by atoms with Crippen LogP contribution in [0.25, 0.3) is 11.0 Å². The van der Waals surface area contributed by atoms with Gasteiger partial charge < -0.3 is 14.2 Å². The fourth-order valence-corrected chi connectivity index (χ4v) is 3.57. The van der Waals surface area contributed by atoms with E-state index >= 15 is 0 Å². The largest absolute Gasteiger partial charge is 0.374 e. The van der Waals surface area contributed by atoms with Crippen molar-refractivity contribution in [3.8, 4) is 0 Å². The van der Waals surface area contributed by atoms with Gasteiger partial charge in [-0.05, 0) is 23.8 Å². The van der Waals surface area contributed by atoms with Crippen molar-refractivity contribution in [3.05, 3.63) is 65.4 Å². The summed E-state index contributed by atoms with van der Waals surface area (Å²) in [6, 6.07) is 15.6. The summed E-state index contributed by atoms with van der Waals surface area (Å²) in [5, 5.41) is 0.740. The number of carbonyl (C=O) groups is 1. The Morgan fingerprint density at radius 1 is 1.19 bits per heavy atom. The van der Waals surface area contributed by atoms with Crippen LogP contribution in [-0.4, -0.2) is 46.2 Å². The second-order valence-corrected chi connectivity index (χ2v) is 6.90. The van der Waals surface area contributed by atoms with Crippen LogP contribution < -0.4 is 0 Å². The number of morpholine rings is 1. The van der Waals surface area contributed by atoms with E-state index in [4.69, 9.17) is 16.3 Å². The van der Waals surface area contributed by atoms with Crippen molar-refractivity contribution in [2.24, 2.45) is 0 Å². The average molecular weight is 370 g/mol. The van der Waals surface area contributed by atoms with Crippen LogP contribution in [0.5, 0.6) is 0 Å². The molecule has 0 aliphatic carbocycles. The molecule has 0 bridgehead atoms. The fourth-order valence-electron chi connectivity index (χ4n) is 3.36. The SMILES string of the molecule is O=C(Cn1cnc2ccccc21)N1CCO[C@@H](Cc2ccccc2Cl)C1. The number of aromatic nitrogens is 2. The summed E-state index contributed by atoms with van der Waals surface area (Å²) in [7, 11) is 0. The Hall–Kier alpha value is -2.37. The first-order valence-electron chi connectivity index (χ1n) is 8.73. The molecule has 1 aliphatic rings. The third kappa shape index (κ3) is 3.59. The van der Waals surface area contributed by atoms with E-state index in [1.807, 2.05) is 58.0 Å². The highest BCUT2D eigenvalue weighted by Gasteiger charge is 2.25. The maximum absolute atomic E-state index is 12.8. The Morgan fingerprint density at radius 3 is 2.88 bits per heavy atom. The van der Waals surface area contributed by atoms with Crippen LogP contribution in [-0.2, 0) is 22.5 Å². The lowest BCUT2D eigenvalue weighted by Gasteiger charge is -2.33. The number of ether oxygens (including phenoxy) is 1. The topological polar surface area (TPSA) is 47.4 Å². The minimum absolute atomic E-state index is 0.0351. The first kappa shape index (κ1) is 17.1. The molecule has 1 aromatic heterocycles. The van der Waals surface area contributed by atoms with E-state index in [1.165, 1.54) is 0 Å². The van der Waals surface area contributed by atoms with Gasteiger partial charge in [0.25, 0.3) is 0 Å². The zero-order chi connectivity index (χ0) is 17.9. The minimum atomic E-state index is -0.0351. The number of rotatable bonds is 4. The number of imidazole rings is 1. The smallest absolute Gasteiger partial charge is 0.242 e. The second-order valence-electron chi connectivity index (χ2n) is 6.49. The van der Waals surface area contributed by atoms with Crippen LogP contribution in [0.1, 0.15) is 5.56 Å². The molecule has 26 heavy (non-hydrogen) atoms. The highest BCUT2D eigenvalue weighted by molar-refractivity contribution is 6.31. The van der Waals surface area contributed by atoms with Crippen molar-refractivity contribution in [3.63, 3.8) is 0 Å². The van der Waals surface area contributed by atoms with Crippen molar-refractivity contribution in [1.82, 2.24) is 14.5 Å². The summed E-state index contributed by atoms with van der Waals surface area (Å²) in [6.07, 6.45) is 2.40. The molecule has 0 unspecified atom stereocenters. The standard InChI is InChI=1S/C20H20ClN3O2/c21-17-6-2-1-5-15(17)11-16-12-23(9-10-26-16)20(25)13-24-14-22-18-7-3-4-8-19(18)24/h1-8,14,16H,9-13H2/t16-/m0/s1. The van der Waals surface area contributed by atoms with Gasteiger partial charge in [-0.1, -0.05) is 41.9 Å². The van der Waals surface area contributed by atoms with Crippen LogP contribution in [0.2, 0.25) is 5.02 Å². The highest BCUT2D eigenvalue weighted by Crippen LogP contribution is 2.20. The van der Waals surface area contributed by atoms with Crippen LogP contribution in [0.15, 0.2) is 54.9 Å². The van der Waals surface area contributed by atoms with Crippen LogP contribution in [0, 0.1) is 0 Å². The Bertz CT molecular complexity index is 924. The molecule has 0 spiro atoms. The molecular weight excluding hydrogens is 350 g/mol. The Morgan fingerprint density at radius 2 is 2.00 bits per heavy atom. The molecule has 5 nitrogen and oxygen atoms in total. The number of para-hydroxylation sites is 2. The Kier molecular flexibility index (Phi) is 4.91. The molecular formula is C20H20ClN3O2. The molecule has 0 radical (unpaired) electrons. The molecule has 0 N–H and O–H groups in total. The van der Waals surface area contributed by atoms with E-state index in [9.17, 15) is 4.79 Å². The highest BCUT2D eigenvalue weighted by atomic mass is 35.5. The van der Waals surface area contributed by atoms with Gasteiger partial charge in [-0.15, -0.1) is 0 Å². The number of nitrogens with zero attached hydrogens (tertiary/aromatic N) is 3. The van der Waals surface area contributed by atoms with Crippen molar-refractivity contribution in [2.45, 2.75) is 19.1 Å². The summed E-state index contributed by atoms with van der Waals surface area (Å²) in [4.78, 5) is 19.0. The molecule has 2 aromatic carbocycles. The van der Waals surface area contributed by atoms with Crippen LogP contribution in [0.4, 0.5) is 0 Å². The summed E-state index contributed by atoms with van der Waals surface area (Å²) in [5.41, 5.74) is 2.93. The third-order valence-corrected chi connectivity index (χ3v) is 5.10. The maximum atomic E-state index is 12.8. The van der Waals surface area contributed by atoms with Crippen molar-refractivity contribution in [2.75, 3.05) is 19.7 Å². The Balaban J connectivity index is 1.42. The van der Waals surface area contributed by atoms with Gasteiger partial charge >= 0.3 is 0 Å². The summed E-state index contributed by atoms with van der Waals surface area (Å²) in [5.74, 6) is 0.0839. The van der Waals surface area contributed by atoms with Crippen LogP contribution >= 0.6 is 11.6 Å². The first-order chi connectivity index (χ1) is 12.7. The van der Waals surface area contributed by atoms with E-state index in [0.29, 0.717) is 32.7 Å². The molecule has 134 valence electrons. The summed E-state index contributed by atoms with van der Waals surface area (Å²) < 4.78 is 7.75. The lowest BCUT2D eigenvalue weighted by atomic mass is 10.1. The third-order valence-electron chi connectivity index (χ3n) is 4.73. The zero-order valence-electron chi connectivity index (χ0n) is 14.3. The number of benzene rings is 2. The van der Waals surface area contributed by atoms with Crippen molar-refractivity contribution < 1.29 is 9.53 Å². The number of halogens is 1. The molecule has 1 aliphatic heterocycles.